The Morgan fingerprint density at radius 3 is 2.36 bits per heavy atom. The normalized spacial score (nSPS) is 29.9. The monoisotopic (exact) mass is 685 g/mol. The number of nitrogens with two attached hydrogens (primary N) is 3. The van der Waals surface area contributed by atoms with Gasteiger partial charge in [-0.15, -0.1) is 0 Å². The molecule has 45 heavy (non-hydrogen) atoms. The molecule has 6 heterocycles. The highest BCUT2D eigenvalue weighted by atomic mass is 32.5. The molecule has 2 fully saturated rings. The topological polar surface area (TPSA) is 289 Å². The number of ether oxygens (including phenoxy) is 2. The Morgan fingerprint density at radius 1 is 0.956 bits per heavy atom. The zero-order chi connectivity index (χ0) is 32.0. The molecule has 0 spiro atoms. The van der Waals surface area contributed by atoms with E-state index in [0.29, 0.717) is 17.5 Å². The van der Waals surface area contributed by atoms with Crippen LogP contribution in [0.4, 0.5) is 17.6 Å². The van der Waals surface area contributed by atoms with E-state index in [1.807, 2.05) is 0 Å². The van der Waals surface area contributed by atoms with Crippen LogP contribution in [0.25, 0.3) is 22.3 Å². The second-order valence-corrected chi connectivity index (χ2v) is 13.3. The van der Waals surface area contributed by atoms with Crippen molar-refractivity contribution in [2.24, 2.45) is 5.92 Å². The van der Waals surface area contributed by atoms with Gasteiger partial charge in [-0.25, -0.2) is 19.9 Å². The quantitative estimate of drug-likeness (QED) is 0.0778. The van der Waals surface area contributed by atoms with Crippen LogP contribution in [0.3, 0.4) is 0 Å². The zero-order valence-corrected chi connectivity index (χ0v) is 25.9. The minimum Gasteiger partial charge on any atom is -0.390 e. The Balaban J connectivity index is 1.17. The second kappa shape index (κ2) is 12.6. The number of hydrogen-bond acceptors (Lipinski definition) is 18. The summed E-state index contributed by atoms with van der Waals surface area (Å²) in [5.41, 5.74) is 18.6. The number of carbonyl (C=O) groups is 1. The van der Waals surface area contributed by atoms with Crippen LogP contribution in [-0.4, -0.2) is 104 Å². The van der Waals surface area contributed by atoms with Crippen molar-refractivity contribution in [2.45, 2.75) is 49.4 Å². The summed E-state index contributed by atoms with van der Waals surface area (Å²) < 4.78 is 31.4. The molecule has 10 atom stereocenters. The van der Waals surface area contributed by atoms with Gasteiger partial charge in [-0.2, -0.15) is 9.97 Å². The van der Waals surface area contributed by atoms with Crippen molar-refractivity contribution < 1.29 is 42.9 Å². The number of nitrogen functional groups attached to an aromatic ring is 3. The number of rotatable bonds is 11. The molecule has 2 aliphatic rings. The van der Waals surface area contributed by atoms with Crippen LogP contribution < -0.4 is 17.2 Å². The lowest BCUT2D eigenvalue weighted by molar-refractivity contribution is -0.110. The van der Waals surface area contributed by atoms with Gasteiger partial charge in [0.15, 0.2) is 29.2 Å². The molecular weight excluding hydrogens is 656 g/mol. The lowest BCUT2D eigenvalue weighted by Gasteiger charge is -2.26. The van der Waals surface area contributed by atoms with Gasteiger partial charge < -0.3 is 55.6 Å². The van der Waals surface area contributed by atoms with E-state index in [-0.39, 0.29) is 41.8 Å². The maximum Gasteiger partial charge on any atom is 0.325 e. The average Bonchev–Trinajstić information content (AvgIpc) is 3.75. The summed E-state index contributed by atoms with van der Waals surface area (Å²) in [6.45, 7) is -4.64. The highest BCUT2D eigenvalue weighted by Crippen LogP contribution is 2.50. The number of nitrogens with zero attached hydrogens (tertiary/aromatic N) is 8. The molecule has 6 rings (SSSR count). The molecule has 0 aliphatic carbocycles. The van der Waals surface area contributed by atoms with Gasteiger partial charge in [0, 0.05) is 21.8 Å². The number of fused-ring (bicyclic) bond motifs is 2. The second-order valence-electron chi connectivity index (χ2n) is 10.2. The molecule has 4 aromatic heterocycles. The smallest absolute Gasteiger partial charge is 0.325 e. The Morgan fingerprint density at radius 2 is 1.64 bits per heavy atom. The van der Waals surface area contributed by atoms with Gasteiger partial charge in [-0.1, -0.05) is 0 Å². The third kappa shape index (κ3) is 5.97. The van der Waals surface area contributed by atoms with Gasteiger partial charge in [-0.05, 0) is 11.8 Å². The van der Waals surface area contributed by atoms with Crippen molar-refractivity contribution in [2.75, 3.05) is 30.4 Å². The van der Waals surface area contributed by atoms with E-state index in [1.54, 1.807) is 0 Å². The molecule has 0 radical (unpaired) electrons. The fourth-order valence-corrected chi connectivity index (χ4v) is 7.07. The van der Waals surface area contributed by atoms with E-state index in [1.165, 1.54) is 28.1 Å². The molecule has 2 unspecified atom stereocenters. The number of aldehydes is 1. The molecule has 23 heteroatoms. The van der Waals surface area contributed by atoms with Crippen LogP contribution in [0.5, 0.6) is 0 Å². The molecule has 242 valence electrons. The van der Waals surface area contributed by atoms with Crippen molar-refractivity contribution in [3.05, 3.63) is 19.0 Å². The third-order valence-electron chi connectivity index (χ3n) is 7.50. The van der Waals surface area contributed by atoms with E-state index in [0.717, 1.165) is 0 Å². The Bertz CT molecular complexity index is 1760. The zero-order valence-electron chi connectivity index (χ0n) is 23.1. The summed E-state index contributed by atoms with van der Waals surface area (Å²) in [4.78, 5) is 47.0. The average molecular weight is 686 g/mol. The first-order valence-electron chi connectivity index (χ1n) is 13.3. The molecule has 0 bridgehead atoms. The van der Waals surface area contributed by atoms with Gasteiger partial charge in [0.05, 0.1) is 32.0 Å². The number of carbonyl (C=O) groups excluding carboxylic acids is 1. The minimum absolute atomic E-state index is 0.0354. The highest BCUT2D eigenvalue weighted by Gasteiger charge is 2.49. The predicted molar refractivity (Wildman–Crippen MR) is 161 cm³/mol. The molecule has 2 aliphatic heterocycles. The van der Waals surface area contributed by atoms with Crippen molar-refractivity contribution in [1.82, 2.24) is 39.0 Å². The number of aliphatic hydroxyl groups is 2. The molecule has 9 N–H and O–H groups in total. The summed E-state index contributed by atoms with van der Waals surface area (Å²) in [6.07, 6.45) is -3.29. The third-order valence-corrected chi connectivity index (χ3v) is 9.25. The fraction of sp³-hybridized carbons (Fsp3) is 0.500. The Hall–Kier alpha value is -3.07. The number of aromatic nitrogens is 8. The molecule has 0 aromatic carbocycles. The van der Waals surface area contributed by atoms with Crippen LogP contribution >= 0.6 is 16.2 Å². The summed E-state index contributed by atoms with van der Waals surface area (Å²) in [6, 6.07) is 0. The van der Waals surface area contributed by atoms with Crippen molar-refractivity contribution in [3.63, 3.8) is 0 Å². The van der Waals surface area contributed by atoms with Gasteiger partial charge in [-0.3, -0.25) is 13.7 Å². The number of imidazole rings is 2. The molecule has 2 saturated heterocycles. The lowest BCUT2D eigenvalue weighted by Crippen LogP contribution is -2.36. The molecule has 20 nitrogen and oxygen atoms in total. The van der Waals surface area contributed by atoms with Crippen molar-refractivity contribution in [1.29, 1.82) is 0 Å². The fourth-order valence-electron chi connectivity index (χ4n) is 5.44. The van der Waals surface area contributed by atoms with E-state index < -0.39 is 62.2 Å². The molecule has 4 aromatic rings. The minimum atomic E-state index is -4.12. The van der Waals surface area contributed by atoms with E-state index in [9.17, 15) is 19.9 Å². The van der Waals surface area contributed by atoms with E-state index in [2.05, 4.69) is 39.4 Å². The van der Waals surface area contributed by atoms with E-state index >= 15 is 0 Å². The SMILES string of the molecule is Nc1nc(N)c2ncn([C@@H]3O[C@H](COP)[C@@H](OP(O)(=S)OC[C@H]4O[C@@H](n5cnc6c(N)ncnc65)[C@H](CC=O)[C@@H]4O)[C@H]3O)c2n1. The van der Waals surface area contributed by atoms with Crippen LogP contribution in [0, 0.1) is 5.92 Å². The molecule has 0 saturated carbocycles. The maximum atomic E-state index is 11.5. The summed E-state index contributed by atoms with van der Waals surface area (Å²) in [5.74, 6) is -0.656. The highest BCUT2D eigenvalue weighted by molar-refractivity contribution is 8.07. The maximum absolute atomic E-state index is 11.5. The summed E-state index contributed by atoms with van der Waals surface area (Å²) >= 11 is 5.26. The first-order chi connectivity index (χ1) is 21.5. The number of aliphatic hydroxyl groups excluding tert-OH is 2. The van der Waals surface area contributed by atoms with Crippen LogP contribution in [0.15, 0.2) is 19.0 Å². The Labute approximate surface area is 260 Å². The predicted octanol–water partition coefficient (Wildman–Crippen LogP) is -1.44. The Kier molecular flexibility index (Phi) is 8.94. The van der Waals surface area contributed by atoms with Crippen LogP contribution in [-0.2, 0) is 39.6 Å². The first-order valence-corrected chi connectivity index (χ1v) is 16.4. The van der Waals surface area contributed by atoms with Gasteiger partial charge >= 0.3 is 6.72 Å². The first kappa shape index (κ1) is 31.9. The van der Waals surface area contributed by atoms with Crippen LogP contribution in [0.1, 0.15) is 18.9 Å². The number of anilines is 3. The summed E-state index contributed by atoms with van der Waals surface area (Å²) in [5, 5.41) is 22.3. The van der Waals surface area contributed by atoms with Gasteiger partial charge in [0.1, 0.15) is 54.3 Å². The number of hydrogen-bond donors (Lipinski definition) is 6. The van der Waals surface area contributed by atoms with Gasteiger partial charge in [0.2, 0.25) is 5.95 Å². The largest absolute Gasteiger partial charge is 0.390 e. The van der Waals surface area contributed by atoms with Crippen LogP contribution in [0.2, 0.25) is 0 Å². The molecular formula is C22H29N11O9P2S. The molecule has 0 amide bonds. The van der Waals surface area contributed by atoms with E-state index in [4.69, 9.17) is 52.1 Å². The van der Waals surface area contributed by atoms with Crippen molar-refractivity contribution >= 4 is 74.2 Å². The standard InChI is InChI=1S/C22H29N11O9P2S/c23-16-11-18(27-5-26-16)32(6-28-11)20-8(1-2-34)13(35)9(40-20)4-39-44(37,45)42-15-10(3-38-43)41-21(14(15)36)33-7-29-12-17(24)30-22(25)31-19(12)33/h2,5-10,13-15,20-21,35-36H,1,3-4,43H2,(H,37,45)(H2,23,26,27)(H4,24,25,30,31)/t8-,9-,10-,13+,14-,15-,20-,21-,44?/m1/s1. The lowest BCUT2D eigenvalue weighted by atomic mass is 9.97. The van der Waals surface area contributed by atoms with Crippen molar-refractivity contribution in [3.8, 4) is 0 Å². The van der Waals surface area contributed by atoms with Gasteiger partial charge in [0.25, 0.3) is 0 Å². The summed E-state index contributed by atoms with van der Waals surface area (Å²) in [7, 11) is 2.06.